The molecule has 0 amide bonds. The van der Waals surface area contributed by atoms with E-state index in [2.05, 4.69) is 29.5 Å². The summed E-state index contributed by atoms with van der Waals surface area (Å²) >= 11 is 6.53. The van der Waals surface area contributed by atoms with Crippen LogP contribution in [0.4, 0.5) is 0 Å². The molecule has 1 aromatic heterocycles. The molecule has 1 spiro atoms. The molecule has 26 heavy (non-hydrogen) atoms. The van der Waals surface area contributed by atoms with E-state index in [1.165, 1.54) is 44.1 Å². The third-order valence-electron chi connectivity index (χ3n) is 6.38. The van der Waals surface area contributed by atoms with Crippen LogP contribution in [0.15, 0.2) is 28.3 Å². The lowest BCUT2D eigenvalue weighted by molar-refractivity contribution is 0.143. The average molecular weight is 369 g/mol. The highest BCUT2D eigenvalue weighted by molar-refractivity contribution is 6.33. The number of nitrogens with zero attached hydrogens (tertiary/aromatic N) is 1. The number of benzene rings is 1. The number of nitrogens with one attached hydrogen (secondary N) is 1. The Hall–Kier alpha value is -1.58. The van der Waals surface area contributed by atoms with Crippen molar-refractivity contribution < 1.29 is 4.52 Å². The van der Waals surface area contributed by atoms with E-state index in [1.807, 2.05) is 12.1 Å². The quantitative estimate of drug-likeness (QED) is 0.752. The Balaban J connectivity index is 1.52. The first kappa shape index (κ1) is 16.6. The Labute approximate surface area is 159 Å². The number of aromatic nitrogens is 1. The molecule has 3 nitrogen and oxygen atoms in total. The van der Waals surface area contributed by atoms with Gasteiger partial charge in [-0.2, -0.15) is 0 Å². The maximum atomic E-state index is 6.53. The normalized spacial score (nSPS) is 21.7. The van der Waals surface area contributed by atoms with Crippen LogP contribution in [0.2, 0.25) is 5.02 Å². The van der Waals surface area contributed by atoms with Crippen molar-refractivity contribution in [2.24, 2.45) is 5.41 Å². The second-order valence-corrected chi connectivity index (χ2v) is 8.83. The van der Waals surface area contributed by atoms with Crippen LogP contribution in [0.25, 0.3) is 17.3 Å². The Kier molecular flexibility index (Phi) is 3.98. The van der Waals surface area contributed by atoms with Crippen molar-refractivity contribution in [2.45, 2.75) is 51.4 Å². The number of allylic oxidation sites excluding steroid dienone is 1. The molecule has 5 rings (SSSR count). The van der Waals surface area contributed by atoms with Crippen LogP contribution in [-0.4, -0.2) is 18.2 Å². The van der Waals surface area contributed by atoms with Crippen LogP contribution in [-0.2, 0) is 0 Å². The first-order valence-corrected chi connectivity index (χ1v) is 10.2. The molecule has 0 atom stereocenters. The van der Waals surface area contributed by atoms with Gasteiger partial charge in [0.25, 0.3) is 0 Å². The second-order valence-electron chi connectivity index (χ2n) is 8.42. The number of rotatable bonds is 3. The van der Waals surface area contributed by atoms with Crippen molar-refractivity contribution in [3.05, 3.63) is 45.7 Å². The van der Waals surface area contributed by atoms with Crippen LogP contribution in [0.1, 0.15) is 61.3 Å². The van der Waals surface area contributed by atoms with E-state index in [4.69, 9.17) is 16.1 Å². The molecule has 3 aliphatic rings. The number of aryl methyl sites for hydroxylation is 1. The summed E-state index contributed by atoms with van der Waals surface area (Å²) in [5, 5.41) is 8.71. The van der Waals surface area contributed by atoms with Gasteiger partial charge in [0.15, 0.2) is 0 Å². The highest BCUT2D eigenvalue weighted by atomic mass is 35.5. The Bertz CT molecular complexity index is 842. The minimum absolute atomic E-state index is 0.541. The van der Waals surface area contributed by atoms with Crippen molar-refractivity contribution in [3.63, 3.8) is 0 Å². The molecule has 3 fully saturated rings. The zero-order valence-electron chi connectivity index (χ0n) is 15.3. The van der Waals surface area contributed by atoms with Gasteiger partial charge < -0.3 is 9.84 Å². The Morgan fingerprint density at radius 1 is 1.23 bits per heavy atom. The molecule has 2 aliphatic carbocycles. The van der Waals surface area contributed by atoms with Gasteiger partial charge in [-0.05, 0) is 81.7 Å². The van der Waals surface area contributed by atoms with Crippen molar-refractivity contribution in [1.29, 1.82) is 0 Å². The van der Waals surface area contributed by atoms with E-state index in [1.54, 1.807) is 5.57 Å². The van der Waals surface area contributed by atoms with Crippen LogP contribution >= 0.6 is 11.6 Å². The summed E-state index contributed by atoms with van der Waals surface area (Å²) in [6, 6.07) is 6.03. The molecule has 0 radical (unpaired) electrons. The monoisotopic (exact) mass is 368 g/mol. The number of hydrogen-bond donors (Lipinski definition) is 1. The van der Waals surface area contributed by atoms with Gasteiger partial charge in [-0.1, -0.05) is 34.5 Å². The first-order valence-electron chi connectivity index (χ1n) is 9.80. The van der Waals surface area contributed by atoms with E-state index in [0.29, 0.717) is 11.3 Å². The maximum absolute atomic E-state index is 6.53. The summed E-state index contributed by atoms with van der Waals surface area (Å²) < 4.78 is 5.83. The number of piperidine rings is 1. The summed E-state index contributed by atoms with van der Waals surface area (Å²) in [7, 11) is 0. The molecule has 1 aliphatic heterocycles. The van der Waals surface area contributed by atoms with Gasteiger partial charge in [-0.3, -0.25) is 0 Å². The standard InChI is InChI=1S/C22H25ClN2O/c1-14-3-2-4-18(23)19(14)20-17(21(26-25-20)16-5-6-16)11-15-12-22(13-15)7-9-24-10-8-22/h2-4,11,16,24H,5-10,12-13H2,1H3. The predicted octanol–water partition coefficient (Wildman–Crippen LogP) is 5.73. The molecule has 2 saturated carbocycles. The van der Waals surface area contributed by atoms with Gasteiger partial charge >= 0.3 is 0 Å². The summed E-state index contributed by atoms with van der Waals surface area (Å²) in [5.74, 6) is 1.61. The van der Waals surface area contributed by atoms with Gasteiger partial charge in [-0.25, -0.2) is 0 Å². The minimum Gasteiger partial charge on any atom is -0.360 e. The van der Waals surface area contributed by atoms with Crippen LogP contribution in [0.5, 0.6) is 0 Å². The van der Waals surface area contributed by atoms with Crippen LogP contribution in [0.3, 0.4) is 0 Å². The van der Waals surface area contributed by atoms with Crippen molar-refractivity contribution in [1.82, 2.24) is 10.5 Å². The smallest absolute Gasteiger partial charge is 0.147 e. The first-order chi connectivity index (χ1) is 12.7. The van der Waals surface area contributed by atoms with Gasteiger partial charge in [0.2, 0.25) is 0 Å². The molecule has 0 bridgehead atoms. The molecule has 136 valence electrons. The molecule has 4 heteroatoms. The molecule has 1 saturated heterocycles. The lowest BCUT2D eigenvalue weighted by atomic mass is 9.60. The second kappa shape index (κ2) is 6.24. The highest BCUT2D eigenvalue weighted by Crippen LogP contribution is 2.53. The maximum Gasteiger partial charge on any atom is 0.147 e. The van der Waals surface area contributed by atoms with E-state index in [0.717, 1.165) is 40.7 Å². The van der Waals surface area contributed by atoms with Crippen molar-refractivity contribution in [2.75, 3.05) is 13.1 Å². The van der Waals surface area contributed by atoms with Crippen LogP contribution in [0, 0.1) is 12.3 Å². The average Bonchev–Trinajstić information content (AvgIpc) is 3.37. The minimum atomic E-state index is 0.541. The summed E-state index contributed by atoms with van der Waals surface area (Å²) in [4.78, 5) is 0. The number of halogens is 1. The molecular weight excluding hydrogens is 344 g/mol. The van der Waals surface area contributed by atoms with Gasteiger partial charge in [0.05, 0.1) is 5.02 Å². The Morgan fingerprint density at radius 2 is 2.00 bits per heavy atom. The summed E-state index contributed by atoms with van der Waals surface area (Å²) in [6.07, 6.45) is 9.86. The zero-order chi connectivity index (χ0) is 17.7. The van der Waals surface area contributed by atoms with Crippen molar-refractivity contribution in [3.8, 4) is 11.3 Å². The zero-order valence-corrected chi connectivity index (χ0v) is 16.0. The van der Waals surface area contributed by atoms with E-state index < -0.39 is 0 Å². The summed E-state index contributed by atoms with van der Waals surface area (Å²) in [6.45, 7) is 4.42. The molecular formula is C22H25ClN2O. The fraction of sp³-hybridized carbons (Fsp3) is 0.500. The largest absolute Gasteiger partial charge is 0.360 e. The third-order valence-corrected chi connectivity index (χ3v) is 6.69. The van der Waals surface area contributed by atoms with Gasteiger partial charge in [0, 0.05) is 17.0 Å². The van der Waals surface area contributed by atoms with Gasteiger partial charge in [0.1, 0.15) is 11.5 Å². The summed E-state index contributed by atoms with van der Waals surface area (Å²) in [5.41, 5.74) is 6.37. The lowest BCUT2D eigenvalue weighted by Crippen LogP contribution is -2.42. The number of hydrogen-bond acceptors (Lipinski definition) is 3. The fourth-order valence-electron chi connectivity index (χ4n) is 4.73. The molecule has 2 aromatic rings. The topological polar surface area (TPSA) is 38.1 Å². The van der Waals surface area contributed by atoms with Crippen molar-refractivity contribution >= 4 is 17.7 Å². The highest BCUT2D eigenvalue weighted by Gasteiger charge is 2.41. The predicted molar refractivity (Wildman–Crippen MR) is 105 cm³/mol. The van der Waals surface area contributed by atoms with Gasteiger partial charge in [-0.15, -0.1) is 0 Å². The third kappa shape index (κ3) is 2.82. The molecule has 1 N–H and O–H groups in total. The molecule has 1 aromatic carbocycles. The fourth-order valence-corrected chi connectivity index (χ4v) is 5.04. The van der Waals surface area contributed by atoms with E-state index in [9.17, 15) is 0 Å². The SMILES string of the molecule is Cc1cccc(Cl)c1-c1noc(C2CC2)c1C=C1CC2(CCNCC2)C1. The van der Waals surface area contributed by atoms with E-state index in [-0.39, 0.29) is 0 Å². The molecule has 2 heterocycles. The van der Waals surface area contributed by atoms with Crippen LogP contribution < -0.4 is 5.32 Å². The molecule has 0 unspecified atom stereocenters. The lowest BCUT2D eigenvalue weighted by Gasteiger charge is -2.47. The Morgan fingerprint density at radius 3 is 2.69 bits per heavy atom. The van der Waals surface area contributed by atoms with E-state index >= 15 is 0 Å².